The Kier molecular flexibility index (Phi) is 3.47. The molecule has 0 saturated carbocycles. The van der Waals surface area contributed by atoms with E-state index in [0.717, 1.165) is 0 Å². The van der Waals surface area contributed by atoms with Crippen molar-refractivity contribution >= 4 is 21.7 Å². The van der Waals surface area contributed by atoms with Crippen LogP contribution in [0.3, 0.4) is 0 Å². The summed E-state index contributed by atoms with van der Waals surface area (Å²) in [5.41, 5.74) is 11.3. The van der Waals surface area contributed by atoms with Gasteiger partial charge in [0.05, 0.1) is 7.11 Å². The zero-order valence-electron chi connectivity index (χ0n) is 9.35. The van der Waals surface area contributed by atoms with E-state index in [4.69, 9.17) is 16.2 Å². The summed E-state index contributed by atoms with van der Waals surface area (Å²) < 4.78 is 30.0. The molecule has 7 nitrogen and oxygen atoms in total. The van der Waals surface area contributed by atoms with Crippen molar-refractivity contribution in [1.82, 2.24) is 4.72 Å². The average Bonchev–Trinajstić information content (AvgIpc) is 2.19. The van der Waals surface area contributed by atoms with E-state index in [-0.39, 0.29) is 16.3 Å². The highest BCUT2D eigenvalue weighted by Gasteiger charge is 2.22. The summed E-state index contributed by atoms with van der Waals surface area (Å²) in [6.07, 6.45) is 0. The first kappa shape index (κ1) is 13.1. The maximum Gasteiger partial charge on any atom is 0.326 e. The Bertz CT molecular complexity index is 554. The van der Waals surface area contributed by atoms with Gasteiger partial charge in [-0.25, -0.2) is 17.9 Å². The van der Waals surface area contributed by atoms with Gasteiger partial charge in [0.2, 0.25) is 0 Å². The minimum Gasteiger partial charge on any atom is -0.495 e. The van der Waals surface area contributed by atoms with Crippen molar-refractivity contribution in [3.05, 3.63) is 17.7 Å². The molecule has 8 heteroatoms. The Balaban J connectivity index is 3.40. The second-order valence-corrected chi connectivity index (χ2v) is 4.98. The van der Waals surface area contributed by atoms with Crippen LogP contribution >= 0.6 is 0 Å². The molecule has 0 aliphatic carbocycles. The van der Waals surface area contributed by atoms with Gasteiger partial charge in [-0.15, -0.1) is 0 Å². The number of methoxy groups -OCH3 is 1. The van der Waals surface area contributed by atoms with E-state index < -0.39 is 16.1 Å². The molecule has 0 fully saturated rings. The summed E-state index contributed by atoms with van der Waals surface area (Å²) in [4.78, 5) is 10.4. The minimum atomic E-state index is -4.07. The summed E-state index contributed by atoms with van der Waals surface area (Å²) in [6, 6.07) is 1.50. The van der Waals surface area contributed by atoms with Crippen LogP contribution in [0.15, 0.2) is 17.0 Å². The molecular formula is C9H13N3O4S. The standard InChI is InChI=1S/C9H13N3O4S/c1-5-3-7(16-2)8(4-6(5)10)17(14,15)12-9(11)13/h3-4H,10H2,1-2H3,(H3,11,12,13). The number of carbonyl (C=O) groups excluding carboxylic acids is 1. The minimum absolute atomic E-state index is 0.0884. The fraction of sp³-hybridized carbons (Fsp3) is 0.222. The molecule has 0 atom stereocenters. The topological polar surface area (TPSA) is 125 Å². The van der Waals surface area contributed by atoms with E-state index in [1.165, 1.54) is 19.2 Å². The van der Waals surface area contributed by atoms with E-state index in [9.17, 15) is 13.2 Å². The molecule has 0 aliphatic rings. The monoisotopic (exact) mass is 259 g/mol. The van der Waals surface area contributed by atoms with Gasteiger partial charge in [-0.2, -0.15) is 0 Å². The van der Waals surface area contributed by atoms with Crippen LogP contribution in [0.2, 0.25) is 0 Å². The number of hydrogen-bond acceptors (Lipinski definition) is 5. The molecule has 0 bridgehead atoms. The Morgan fingerprint density at radius 1 is 1.41 bits per heavy atom. The first-order valence-electron chi connectivity index (χ1n) is 4.54. The van der Waals surface area contributed by atoms with Crippen molar-refractivity contribution in [3.8, 4) is 5.75 Å². The lowest BCUT2D eigenvalue weighted by Gasteiger charge is -2.11. The van der Waals surface area contributed by atoms with Crippen molar-refractivity contribution in [2.24, 2.45) is 5.73 Å². The molecular weight excluding hydrogens is 246 g/mol. The molecule has 0 unspecified atom stereocenters. The number of carbonyl (C=O) groups is 1. The lowest BCUT2D eigenvalue weighted by Crippen LogP contribution is -2.35. The highest BCUT2D eigenvalue weighted by Crippen LogP contribution is 2.28. The number of aryl methyl sites for hydroxylation is 1. The Hall–Kier alpha value is -1.96. The first-order chi connectivity index (χ1) is 7.77. The number of nitrogen functional groups attached to an aromatic ring is 1. The van der Waals surface area contributed by atoms with Crippen molar-refractivity contribution in [3.63, 3.8) is 0 Å². The predicted molar refractivity (Wildman–Crippen MR) is 62.0 cm³/mol. The zero-order chi connectivity index (χ0) is 13.2. The number of nitrogens with one attached hydrogen (secondary N) is 1. The fourth-order valence-corrected chi connectivity index (χ4v) is 2.30. The van der Waals surface area contributed by atoms with Gasteiger partial charge in [0.25, 0.3) is 10.0 Å². The van der Waals surface area contributed by atoms with E-state index in [1.807, 2.05) is 0 Å². The second-order valence-electron chi connectivity index (χ2n) is 3.33. The average molecular weight is 259 g/mol. The molecule has 5 N–H and O–H groups in total. The van der Waals surface area contributed by atoms with E-state index in [0.29, 0.717) is 5.56 Å². The number of anilines is 1. The molecule has 0 spiro atoms. The van der Waals surface area contributed by atoms with Crippen molar-refractivity contribution in [1.29, 1.82) is 0 Å². The SMILES string of the molecule is COc1cc(C)c(N)cc1S(=O)(=O)NC(N)=O. The maximum absolute atomic E-state index is 11.7. The summed E-state index contributed by atoms with van der Waals surface area (Å²) in [7, 11) is -2.76. The fourth-order valence-electron chi connectivity index (χ4n) is 1.23. The van der Waals surface area contributed by atoms with Crippen molar-refractivity contribution in [2.75, 3.05) is 12.8 Å². The quantitative estimate of drug-likeness (QED) is 0.656. The molecule has 94 valence electrons. The molecule has 17 heavy (non-hydrogen) atoms. The van der Waals surface area contributed by atoms with Crippen molar-refractivity contribution < 1.29 is 17.9 Å². The van der Waals surface area contributed by atoms with Gasteiger partial charge in [-0.3, -0.25) is 0 Å². The normalized spacial score (nSPS) is 10.9. The Labute approximate surface area is 98.8 Å². The van der Waals surface area contributed by atoms with Gasteiger partial charge in [0, 0.05) is 5.69 Å². The van der Waals surface area contributed by atoms with Crippen LogP contribution in [0, 0.1) is 6.92 Å². The van der Waals surface area contributed by atoms with Crippen LogP contribution in [0.25, 0.3) is 0 Å². The summed E-state index contributed by atoms with van der Waals surface area (Å²) >= 11 is 0. The third-order valence-corrected chi connectivity index (χ3v) is 3.44. The lowest BCUT2D eigenvalue weighted by atomic mass is 10.2. The van der Waals surface area contributed by atoms with Gasteiger partial charge in [-0.05, 0) is 24.6 Å². The number of amides is 2. The third kappa shape index (κ3) is 2.78. The molecule has 1 aromatic rings. The highest BCUT2D eigenvalue weighted by molar-refractivity contribution is 7.90. The molecule has 0 aromatic heterocycles. The third-order valence-electron chi connectivity index (χ3n) is 2.08. The molecule has 0 radical (unpaired) electrons. The molecule has 0 heterocycles. The Morgan fingerprint density at radius 3 is 2.47 bits per heavy atom. The zero-order valence-corrected chi connectivity index (χ0v) is 10.2. The van der Waals surface area contributed by atoms with Crippen LogP contribution < -0.4 is 20.9 Å². The number of rotatable bonds is 3. The van der Waals surface area contributed by atoms with Gasteiger partial charge < -0.3 is 16.2 Å². The number of benzene rings is 1. The number of sulfonamides is 1. The predicted octanol–water partition coefficient (Wildman–Crippen LogP) is -0.0572. The summed E-state index contributed by atoms with van der Waals surface area (Å²) in [6.45, 7) is 1.70. The summed E-state index contributed by atoms with van der Waals surface area (Å²) in [5, 5.41) is 0. The van der Waals surface area contributed by atoms with Gasteiger partial charge in [-0.1, -0.05) is 0 Å². The highest BCUT2D eigenvalue weighted by atomic mass is 32.2. The molecule has 1 aromatic carbocycles. The van der Waals surface area contributed by atoms with Crippen molar-refractivity contribution in [2.45, 2.75) is 11.8 Å². The second kappa shape index (κ2) is 4.50. The van der Waals surface area contributed by atoms with Gasteiger partial charge >= 0.3 is 6.03 Å². The van der Waals surface area contributed by atoms with Crippen LogP contribution in [0.5, 0.6) is 5.75 Å². The molecule has 0 aliphatic heterocycles. The number of primary amides is 1. The number of nitrogens with two attached hydrogens (primary N) is 2. The number of ether oxygens (including phenoxy) is 1. The van der Waals surface area contributed by atoms with Crippen LogP contribution in [0.1, 0.15) is 5.56 Å². The van der Waals surface area contributed by atoms with E-state index in [2.05, 4.69) is 0 Å². The maximum atomic E-state index is 11.7. The van der Waals surface area contributed by atoms with Crippen LogP contribution in [-0.4, -0.2) is 21.6 Å². The van der Waals surface area contributed by atoms with Gasteiger partial charge in [0.15, 0.2) is 0 Å². The van der Waals surface area contributed by atoms with E-state index >= 15 is 0 Å². The van der Waals surface area contributed by atoms with Crippen LogP contribution in [0.4, 0.5) is 10.5 Å². The molecule has 1 rings (SSSR count). The van der Waals surface area contributed by atoms with Crippen LogP contribution in [-0.2, 0) is 10.0 Å². The first-order valence-corrected chi connectivity index (χ1v) is 6.02. The smallest absolute Gasteiger partial charge is 0.326 e. The largest absolute Gasteiger partial charge is 0.495 e. The van der Waals surface area contributed by atoms with E-state index in [1.54, 1.807) is 11.6 Å². The number of urea groups is 1. The number of hydrogen-bond donors (Lipinski definition) is 3. The van der Waals surface area contributed by atoms with Gasteiger partial charge in [0.1, 0.15) is 10.6 Å². The summed E-state index contributed by atoms with van der Waals surface area (Å²) in [5.74, 6) is 0.0884. The lowest BCUT2D eigenvalue weighted by molar-refractivity contribution is 0.253. The Morgan fingerprint density at radius 2 is 2.00 bits per heavy atom. The molecule has 0 saturated heterocycles. The molecule has 2 amide bonds.